The van der Waals surface area contributed by atoms with E-state index in [1.807, 2.05) is 25.3 Å². The maximum atomic E-state index is 13.8. The fourth-order valence-electron chi connectivity index (χ4n) is 4.07. The zero-order valence-electron chi connectivity index (χ0n) is 20.7. The van der Waals surface area contributed by atoms with E-state index in [1.165, 1.54) is 12.1 Å². The first-order chi connectivity index (χ1) is 16.6. The molecule has 0 saturated carbocycles. The van der Waals surface area contributed by atoms with E-state index in [-0.39, 0.29) is 46.6 Å². The molecule has 0 spiro atoms. The van der Waals surface area contributed by atoms with Crippen LogP contribution in [-0.2, 0) is 15.0 Å². The molecule has 2 aromatic heterocycles. The topological polar surface area (TPSA) is 67.2 Å². The van der Waals surface area contributed by atoms with Crippen LogP contribution in [0.1, 0.15) is 62.4 Å². The van der Waals surface area contributed by atoms with Crippen LogP contribution in [0.15, 0.2) is 41.8 Å². The van der Waals surface area contributed by atoms with Gasteiger partial charge in [-0.25, -0.2) is 9.07 Å². The molecule has 1 aromatic carbocycles. The molecule has 0 bridgehead atoms. The average molecular weight is 515 g/mol. The standard InChI is InChI=1S/C26H31FN4O2S2/c1-6-16(2)28-20(32)14-30-21(33)15-35-23(19-8-7-13-34-19)22-24(26(3,4)5)29-31(25(22)30)18-11-9-17(27)10-12-18/h7-13,16,23H,6,14-15H2,1-5H3,(H,28,32)/t16-,23-/m0/s1. The van der Waals surface area contributed by atoms with Crippen molar-refractivity contribution in [2.45, 2.75) is 57.7 Å². The lowest BCUT2D eigenvalue weighted by Crippen LogP contribution is -2.44. The van der Waals surface area contributed by atoms with Crippen LogP contribution in [0.5, 0.6) is 0 Å². The van der Waals surface area contributed by atoms with Crippen LogP contribution in [0.4, 0.5) is 10.2 Å². The first-order valence-electron chi connectivity index (χ1n) is 11.7. The first-order valence-corrected chi connectivity index (χ1v) is 13.7. The van der Waals surface area contributed by atoms with E-state index in [9.17, 15) is 14.0 Å². The molecule has 0 fully saturated rings. The number of carbonyl (C=O) groups is 2. The molecule has 0 aliphatic carbocycles. The molecule has 1 aliphatic heterocycles. The van der Waals surface area contributed by atoms with Crippen LogP contribution in [0, 0.1) is 5.82 Å². The van der Waals surface area contributed by atoms with Crippen LogP contribution in [0.2, 0.25) is 0 Å². The van der Waals surface area contributed by atoms with Crippen molar-refractivity contribution in [3.05, 3.63) is 63.7 Å². The predicted octanol–water partition coefficient (Wildman–Crippen LogP) is 5.45. The highest BCUT2D eigenvalue weighted by Gasteiger charge is 2.40. The Bertz CT molecular complexity index is 1200. The van der Waals surface area contributed by atoms with E-state index in [0.29, 0.717) is 11.5 Å². The van der Waals surface area contributed by atoms with Gasteiger partial charge in [0.2, 0.25) is 11.8 Å². The largest absolute Gasteiger partial charge is 0.352 e. The van der Waals surface area contributed by atoms with E-state index >= 15 is 0 Å². The van der Waals surface area contributed by atoms with E-state index in [4.69, 9.17) is 5.10 Å². The Kier molecular flexibility index (Phi) is 7.38. The summed E-state index contributed by atoms with van der Waals surface area (Å²) >= 11 is 3.20. The van der Waals surface area contributed by atoms with Crippen molar-refractivity contribution in [1.29, 1.82) is 0 Å². The number of aromatic nitrogens is 2. The Morgan fingerprint density at radius 3 is 2.57 bits per heavy atom. The van der Waals surface area contributed by atoms with Crippen molar-refractivity contribution >= 4 is 40.7 Å². The number of benzene rings is 1. The Morgan fingerprint density at radius 1 is 1.26 bits per heavy atom. The lowest BCUT2D eigenvalue weighted by atomic mass is 9.88. The summed E-state index contributed by atoms with van der Waals surface area (Å²) in [6.07, 6.45) is 0.795. The number of halogens is 1. The molecule has 2 amide bonds. The molecule has 9 heteroatoms. The van der Waals surface area contributed by atoms with Gasteiger partial charge in [-0.15, -0.1) is 23.1 Å². The number of thiophene rings is 1. The Balaban J connectivity index is 1.95. The van der Waals surface area contributed by atoms with Crippen LogP contribution >= 0.6 is 23.1 Å². The van der Waals surface area contributed by atoms with E-state index in [2.05, 4.69) is 32.2 Å². The lowest BCUT2D eigenvalue weighted by Gasteiger charge is -2.24. The highest BCUT2D eigenvalue weighted by Crippen LogP contribution is 2.49. The number of hydrogen-bond acceptors (Lipinski definition) is 5. The molecular weight excluding hydrogens is 483 g/mol. The zero-order chi connectivity index (χ0) is 25.3. The minimum Gasteiger partial charge on any atom is -0.352 e. The smallest absolute Gasteiger partial charge is 0.240 e. The highest BCUT2D eigenvalue weighted by atomic mass is 32.2. The minimum absolute atomic E-state index is 0.00411. The normalized spacial score (nSPS) is 17.1. The zero-order valence-corrected chi connectivity index (χ0v) is 22.3. The molecule has 0 unspecified atom stereocenters. The van der Waals surface area contributed by atoms with Crippen molar-refractivity contribution in [1.82, 2.24) is 15.1 Å². The maximum Gasteiger partial charge on any atom is 0.240 e. The maximum absolute atomic E-state index is 13.8. The second-order valence-corrected chi connectivity index (χ2v) is 11.9. The number of nitrogens with zero attached hydrogens (tertiary/aromatic N) is 3. The van der Waals surface area contributed by atoms with E-state index in [1.54, 1.807) is 44.8 Å². The summed E-state index contributed by atoms with van der Waals surface area (Å²) in [4.78, 5) is 29.2. The van der Waals surface area contributed by atoms with Gasteiger partial charge in [-0.1, -0.05) is 33.8 Å². The monoisotopic (exact) mass is 514 g/mol. The molecule has 6 nitrogen and oxygen atoms in total. The molecule has 3 heterocycles. The molecule has 4 rings (SSSR count). The summed E-state index contributed by atoms with van der Waals surface area (Å²) in [5, 5.41) is 9.89. The summed E-state index contributed by atoms with van der Waals surface area (Å²) in [5.74, 6) is 0.0896. The van der Waals surface area contributed by atoms with Gasteiger partial charge in [-0.2, -0.15) is 5.10 Å². The van der Waals surface area contributed by atoms with Gasteiger partial charge in [0.25, 0.3) is 0 Å². The van der Waals surface area contributed by atoms with Crippen molar-refractivity contribution in [3.63, 3.8) is 0 Å². The SMILES string of the molecule is CC[C@H](C)NC(=O)CN1C(=O)CS[C@@H](c2cccs2)c2c(C(C)(C)C)nn(-c3ccc(F)cc3)c21. The average Bonchev–Trinajstić information content (AvgIpc) is 3.44. The van der Waals surface area contributed by atoms with Crippen LogP contribution in [0.3, 0.4) is 0 Å². The molecule has 0 radical (unpaired) electrons. The fourth-order valence-corrected chi connectivity index (χ4v) is 6.24. The third-order valence-electron chi connectivity index (χ3n) is 5.99. The summed E-state index contributed by atoms with van der Waals surface area (Å²) in [6, 6.07) is 10.1. The number of anilines is 1. The summed E-state index contributed by atoms with van der Waals surface area (Å²) in [7, 11) is 0. The lowest BCUT2D eigenvalue weighted by molar-refractivity contribution is -0.123. The van der Waals surface area contributed by atoms with Gasteiger partial charge >= 0.3 is 0 Å². The Labute approximate surface area is 213 Å². The van der Waals surface area contributed by atoms with Gasteiger partial charge in [-0.05, 0) is 49.1 Å². The number of carbonyl (C=O) groups excluding carboxylic acids is 2. The van der Waals surface area contributed by atoms with Crippen molar-refractivity contribution in [2.75, 3.05) is 17.2 Å². The van der Waals surface area contributed by atoms with Gasteiger partial charge in [-0.3, -0.25) is 14.5 Å². The van der Waals surface area contributed by atoms with Gasteiger partial charge in [0.15, 0.2) is 0 Å². The van der Waals surface area contributed by atoms with Crippen LogP contribution < -0.4 is 10.2 Å². The molecule has 1 aliphatic rings. The predicted molar refractivity (Wildman–Crippen MR) is 141 cm³/mol. The fraction of sp³-hybridized carbons (Fsp3) is 0.423. The van der Waals surface area contributed by atoms with Crippen molar-refractivity contribution < 1.29 is 14.0 Å². The number of nitrogens with one attached hydrogen (secondary N) is 1. The quantitative estimate of drug-likeness (QED) is 0.475. The number of hydrogen-bond donors (Lipinski definition) is 1. The second kappa shape index (κ2) is 10.1. The second-order valence-electron chi connectivity index (χ2n) is 9.79. The van der Waals surface area contributed by atoms with Gasteiger partial charge < -0.3 is 5.32 Å². The van der Waals surface area contributed by atoms with Gasteiger partial charge in [0.1, 0.15) is 18.2 Å². The molecule has 35 heavy (non-hydrogen) atoms. The Hall–Kier alpha value is -2.65. The van der Waals surface area contributed by atoms with Gasteiger partial charge in [0.05, 0.1) is 22.4 Å². The summed E-state index contributed by atoms with van der Waals surface area (Å²) in [6.45, 7) is 10.1. The molecule has 3 aromatic rings. The van der Waals surface area contributed by atoms with Crippen molar-refractivity contribution in [2.24, 2.45) is 0 Å². The molecule has 0 saturated heterocycles. The first kappa shape index (κ1) is 25.4. The molecule has 2 atom stereocenters. The molecule has 1 N–H and O–H groups in total. The summed E-state index contributed by atoms with van der Waals surface area (Å²) in [5.41, 5.74) is 2.08. The van der Waals surface area contributed by atoms with Crippen molar-refractivity contribution in [3.8, 4) is 5.69 Å². The summed E-state index contributed by atoms with van der Waals surface area (Å²) < 4.78 is 15.5. The number of amides is 2. The Morgan fingerprint density at radius 2 is 1.97 bits per heavy atom. The van der Waals surface area contributed by atoms with Crippen LogP contribution in [0.25, 0.3) is 5.69 Å². The minimum atomic E-state index is -0.351. The van der Waals surface area contributed by atoms with Gasteiger partial charge in [0, 0.05) is 21.9 Å². The number of rotatable bonds is 6. The van der Waals surface area contributed by atoms with E-state index in [0.717, 1.165) is 22.6 Å². The molecule has 186 valence electrons. The third kappa shape index (κ3) is 5.30. The van der Waals surface area contributed by atoms with Crippen LogP contribution in [-0.4, -0.2) is 39.9 Å². The number of thioether (sulfide) groups is 1. The number of fused-ring (bicyclic) bond motifs is 1. The molecular formula is C26H31FN4O2S2. The third-order valence-corrected chi connectivity index (χ3v) is 8.32. The van der Waals surface area contributed by atoms with E-state index < -0.39 is 0 Å². The highest BCUT2D eigenvalue weighted by molar-refractivity contribution is 8.00.